The Bertz CT molecular complexity index is 596. The SMILES string of the molecule is CCCNc1nc(-c2ccc(Cl)cc2)c(CC(=O)[O-])s1. The minimum absolute atomic E-state index is 0.135. The molecule has 0 atom stereocenters. The van der Waals surface area contributed by atoms with E-state index in [2.05, 4.69) is 17.2 Å². The molecule has 0 unspecified atom stereocenters. The van der Waals surface area contributed by atoms with Crippen molar-refractivity contribution in [3.63, 3.8) is 0 Å². The number of carboxylic acids is 1. The molecule has 6 heteroatoms. The van der Waals surface area contributed by atoms with E-state index in [9.17, 15) is 9.90 Å². The predicted molar refractivity (Wildman–Crippen MR) is 80.1 cm³/mol. The molecular formula is C14H14ClN2O2S-. The molecule has 4 nitrogen and oxygen atoms in total. The van der Waals surface area contributed by atoms with Gasteiger partial charge < -0.3 is 15.2 Å². The molecule has 0 radical (unpaired) electrons. The Balaban J connectivity index is 2.35. The summed E-state index contributed by atoms with van der Waals surface area (Å²) in [6, 6.07) is 7.19. The van der Waals surface area contributed by atoms with Crippen LogP contribution in [0.1, 0.15) is 18.2 Å². The quantitative estimate of drug-likeness (QED) is 0.890. The molecule has 2 rings (SSSR count). The topological polar surface area (TPSA) is 65.0 Å². The number of hydrogen-bond acceptors (Lipinski definition) is 5. The smallest absolute Gasteiger partial charge is 0.183 e. The third-order valence-electron chi connectivity index (χ3n) is 2.65. The number of nitrogens with one attached hydrogen (secondary N) is 1. The Morgan fingerprint density at radius 1 is 1.40 bits per heavy atom. The maximum absolute atomic E-state index is 10.9. The average molecular weight is 310 g/mol. The van der Waals surface area contributed by atoms with Crippen LogP contribution in [0.4, 0.5) is 5.13 Å². The van der Waals surface area contributed by atoms with Gasteiger partial charge in [-0.1, -0.05) is 30.7 Å². The summed E-state index contributed by atoms with van der Waals surface area (Å²) in [5, 5.41) is 15.4. The summed E-state index contributed by atoms with van der Waals surface area (Å²) in [5.74, 6) is -1.11. The van der Waals surface area contributed by atoms with Crippen LogP contribution in [0, 0.1) is 0 Å². The fraction of sp³-hybridized carbons (Fsp3) is 0.286. The number of carbonyl (C=O) groups excluding carboxylic acids is 1. The van der Waals surface area contributed by atoms with Gasteiger partial charge in [0.15, 0.2) is 5.13 Å². The van der Waals surface area contributed by atoms with Crippen LogP contribution in [0.2, 0.25) is 5.02 Å². The number of carboxylic acid groups (broad SMARTS) is 1. The van der Waals surface area contributed by atoms with Crippen LogP contribution in [0.5, 0.6) is 0 Å². The van der Waals surface area contributed by atoms with Gasteiger partial charge in [-0.05, 0) is 18.6 Å². The molecule has 0 aliphatic carbocycles. The second-order valence-electron chi connectivity index (χ2n) is 4.27. The van der Waals surface area contributed by atoms with E-state index < -0.39 is 5.97 Å². The lowest BCUT2D eigenvalue weighted by atomic mass is 10.1. The molecule has 1 aromatic heterocycles. The molecule has 0 saturated heterocycles. The Labute approximate surface area is 126 Å². The van der Waals surface area contributed by atoms with E-state index in [0.717, 1.165) is 23.7 Å². The maximum atomic E-state index is 10.9. The number of rotatable bonds is 6. The lowest BCUT2D eigenvalue weighted by Crippen LogP contribution is -2.24. The molecule has 106 valence electrons. The lowest BCUT2D eigenvalue weighted by Gasteiger charge is -2.03. The summed E-state index contributed by atoms with van der Waals surface area (Å²) in [4.78, 5) is 16.0. The molecule has 2 aromatic rings. The standard InChI is InChI=1S/C14H15ClN2O2S/c1-2-7-16-14-17-13(11(20-14)8-12(18)19)9-3-5-10(15)6-4-9/h3-6H,2,7-8H2,1H3,(H,16,17)(H,18,19)/p-1. The molecule has 0 bridgehead atoms. The van der Waals surface area contributed by atoms with Crippen molar-refractivity contribution in [2.75, 3.05) is 11.9 Å². The number of hydrogen-bond donors (Lipinski definition) is 1. The molecule has 0 aliphatic rings. The molecule has 0 amide bonds. The first kappa shape index (κ1) is 14.8. The van der Waals surface area contributed by atoms with Gasteiger partial charge in [0.05, 0.1) is 5.69 Å². The van der Waals surface area contributed by atoms with E-state index in [-0.39, 0.29) is 6.42 Å². The molecule has 1 N–H and O–H groups in total. The molecule has 0 spiro atoms. The monoisotopic (exact) mass is 309 g/mol. The van der Waals surface area contributed by atoms with Gasteiger partial charge in [-0.3, -0.25) is 0 Å². The lowest BCUT2D eigenvalue weighted by molar-refractivity contribution is -0.304. The van der Waals surface area contributed by atoms with Gasteiger partial charge in [0, 0.05) is 34.4 Å². The zero-order valence-electron chi connectivity index (χ0n) is 11.0. The van der Waals surface area contributed by atoms with Crippen LogP contribution in [0.25, 0.3) is 11.3 Å². The molecule has 0 saturated carbocycles. The number of aliphatic carboxylic acids is 1. The molecule has 20 heavy (non-hydrogen) atoms. The van der Waals surface area contributed by atoms with Crippen LogP contribution in [-0.4, -0.2) is 17.5 Å². The minimum Gasteiger partial charge on any atom is -0.550 e. The first-order chi connectivity index (χ1) is 9.60. The number of benzene rings is 1. The predicted octanol–water partition coefficient (Wildman–Crippen LogP) is 2.58. The second-order valence-corrected chi connectivity index (χ2v) is 5.79. The summed E-state index contributed by atoms with van der Waals surface area (Å²) in [7, 11) is 0. The van der Waals surface area contributed by atoms with Crippen LogP contribution in [-0.2, 0) is 11.2 Å². The van der Waals surface area contributed by atoms with Crippen molar-refractivity contribution in [2.45, 2.75) is 19.8 Å². The van der Waals surface area contributed by atoms with Crippen molar-refractivity contribution < 1.29 is 9.90 Å². The first-order valence-electron chi connectivity index (χ1n) is 6.29. The highest BCUT2D eigenvalue weighted by atomic mass is 35.5. The molecule has 1 aromatic carbocycles. The van der Waals surface area contributed by atoms with Crippen molar-refractivity contribution in [3.05, 3.63) is 34.2 Å². The van der Waals surface area contributed by atoms with Crippen LogP contribution < -0.4 is 10.4 Å². The van der Waals surface area contributed by atoms with Crippen molar-refractivity contribution in [1.29, 1.82) is 0 Å². The third kappa shape index (κ3) is 3.71. The number of anilines is 1. The van der Waals surface area contributed by atoms with E-state index >= 15 is 0 Å². The van der Waals surface area contributed by atoms with Gasteiger partial charge in [0.25, 0.3) is 0 Å². The molecule has 0 fully saturated rings. The van der Waals surface area contributed by atoms with Crippen molar-refractivity contribution in [1.82, 2.24) is 4.98 Å². The zero-order chi connectivity index (χ0) is 14.5. The fourth-order valence-electron chi connectivity index (χ4n) is 1.74. The van der Waals surface area contributed by atoms with Gasteiger partial charge in [-0.2, -0.15) is 0 Å². The molecular weight excluding hydrogens is 296 g/mol. The molecule has 0 aliphatic heterocycles. The van der Waals surface area contributed by atoms with E-state index in [4.69, 9.17) is 11.6 Å². The molecule has 1 heterocycles. The van der Waals surface area contributed by atoms with Crippen LogP contribution in [0.15, 0.2) is 24.3 Å². The second kappa shape index (κ2) is 6.72. The Hall–Kier alpha value is -1.59. The number of aromatic nitrogens is 1. The Kier molecular flexibility index (Phi) is 4.98. The highest BCUT2D eigenvalue weighted by molar-refractivity contribution is 7.16. The Morgan fingerprint density at radius 2 is 2.10 bits per heavy atom. The van der Waals surface area contributed by atoms with Crippen LogP contribution >= 0.6 is 22.9 Å². The van der Waals surface area contributed by atoms with Gasteiger partial charge in [0.1, 0.15) is 0 Å². The first-order valence-corrected chi connectivity index (χ1v) is 7.49. The van der Waals surface area contributed by atoms with Gasteiger partial charge in [-0.15, -0.1) is 11.3 Å². The largest absolute Gasteiger partial charge is 0.550 e. The number of thiazole rings is 1. The summed E-state index contributed by atoms with van der Waals surface area (Å²) in [6.07, 6.45) is 0.842. The van der Waals surface area contributed by atoms with E-state index in [1.165, 1.54) is 11.3 Å². The van der Waals surface area contributed by atoms with E-state index in [1.54, 1.807) is 12.1 Å². The number of halogens is 1. The summed E-state index contributed by atoms with van der Waals surface area (Å²) >= 11 is 7.21. The van der Waals surface area contributed by atoms with E-state index in [0.29, 0.717) is 15.6 Å². The highest BCUT2D eigenvalue weighted by Gasteiger charge is 2.13. The van der Waals surface area contributed by atoms with E-state index in [1.807, 2.05) is 12.1 Å². The minimum atomic E-state index is -1.11. The Morgan fingerprint density at radius 3 is 2.70 bits per heavy atom. The van der Waals surface area contributed by atoms with Gasteiger partial charge in [0.2, 0.25) is 0 Å². The van der Waals surface area contributed by atoms with Crippen molar-refractivity contribution in [2.24, 2.45) is 0 Å². The van der Waals surface area contributed by atoms with Gasteiger partial charge >= 0.3 is 0 Å². The van der Waals surface area contributed by atoms with Crippen LogP contribution in [0.3, 0.4) is 0 Å². The normalized spacial score (nSPS) is 10.5. The summed E-state index contributed by atoms with van der Waals surface area (Å²) in [6.45, 7) is 2.86. The fourth-order valence-corrected chi connectivity index (χ4v) is 2.86. The van der Waals surface area contributed by atoms with Crippen molar-refractivity contribution in [3.8, 4) is 11.3 Å². The van der Waals surface area contributed by atoms with Crippen molar-refractivity contribution >= 4 is 34.0 Å². The van der Waals surface area contributed by atoms with Gasteiger partial charge in [-0.25, -0.2) is 4.98 Å². The maximum Gasteiger partial charge on any atom is 0.183 e. The number of carbonyl (C=O) groups is 1. The third-order valence-corrected chi connectivity index (χ3v) is 3.91. The summed E-state index contributed by atoms with van der Waals surface area (Å²) in [5.41, 5.74) is 1.53. The zero-order valence-corrected chi connectivity index (χ0v) is 12.6. The summed E-state index contributed by atoms with van der Waals surface area (Å²) < 4.78 is 0. The average Bonchev–Trinajstić information content (AvgIpc) is 2.79. The highest BCUT2D eigenvalue weighted by Crippen LogP contribution is 2.32. The number of nitrogens with zero attached hydrogens (tertiary/aromatic N) is 1.